The summed E-state index contributed by atoms with van der Waals surface area (Å²) in [6, 6.07) is 12.0. The van der Waals surface area contributed by atoms with Gasteiger partial charge in [-0.2, -0.15) is 0 Å². The molecule has 0 aliphatic heterocycles. The summed E-state index contributed by atoms with van der Waals surface area (Å²) >= 11 is 0. The van der Waals surface area contributed by atoms with Crippen LogP contribution >= 0.6 is 0 Å². The third kappa shape index (κ3) is 6.00. The van der Waals surface area contributed by atoms with E-state index in [1.165, 1.54) is 12.1 Å². The van der Waals surface area contributed by atoms with E-state index < -0.39 is 6.36 Å². The largest absolute Gasteiger partial charge is 0.573 e. The van der Waals surface area contributed by atoms with Crippen LogP contribution in [0.2, 0.25) is 0 Å². The number of aromatic nitrogens is 1. The van der Waals surface area contributed by atoms with Crippen molar-refractivity contribution < 1.29 is 32.0 Å². The second-order valence-electron chi connectivity index (χ2n) is 6.53. The Kier molecular flexibility index (Phi) is 6.29. The van der Waals surface area contributed by atoms with Crippen molar-refractivity contribution in [2.24, 2.45) is 0 Å². The quantitative estimate of drug-likeness (QED) is 0.586. The average Bonchev–Trinajstić information content (AvgIpc) is 2.99. The van der Waals surface area contributed by atoms with Crippen LogP contribution in [0.3, 0.4) is 0 Å². The fourth-order valence-corrected chi connectivity index (χ4v) is 2.70. The Morgan fingerprint density at radius 1 is 1.03 bits per heavy atom. The third-order valence-electron chi connectivity index (χ3n) is 4.22. The fraction of sp³-hybridized carbons (Fsp3) is 0.238. The SMILES string of the molecule is Cc1noc(C)c1COc1ccc(CC(=O)Nc2ccc(OC(F)(F)F)cc2)cc1. The summed E-state index contributed by atoms with van der Waals surface area (Å²) in [5.41, 5.74) is 2.80. The first-order valence-corrected chi connectivity index (χ1v) is 8.99. The lowest BCUT2D eigenvalue weighted by atomic mass is 10.1. The summed E-state index contributed by atoms with van der Waals surface area (Å²) in [5, 5.41) is 6.50. The van der Waals surface area contributed by atoms with E-state index in [2.05, 4.69) is 15.2 Å². The first kappa shape index (κ1) is 21.2. The molecule has 0 saturated heterocycles. The molecule has 0 unspecified atom stereocenters. The van der Waals surface area contributed by atoms with Crippen molar-refractivity contribution >= 4 is 11.6 Å². The number of nitrogens with zero attached hydrogens (tertiary/aromatic N) is 1. The number of aryl methyl sites for hydroxylation is 2. The van der Waals surface area contributed by atoms with Crippen molar-refractivity contribution in [2.75, 3.05) is 5.32 Å². The number of rotatable bonds is 7. The van der Waals surface area contributed by atoms with Crippen LogP contribution in [0.1, 0.15) is 22.6 Å². The van der Waals surface area contributed by atoms with Gasteiger partial charge in [0.1, 0.15) is 23.9 Å². The Hall–Kier alpha value is -3.49. The number of carbonyl (C=O) groups excluding carboxylic acids is 1. The molecule has 158 valence electrons. The second kappa shape index (κ2) is 8.89. The van der Waals surface area contributed by atoms with Gasteiger partial charge >= 0.3 is 6.36 Å². The van der Waals surface area contributed by atoms with Crippen molar-refractivity contribution in [1.29, 1.82) is 0 Å². The van der Waals surface area contributed by atoms with Crippen molar-refractivity contribution in [3.05, 3.63) is 71.1 Å². The molecule has 3 rings (SSSR count). The average molecular weight is 420 g/mol. The number of ether oxygens (including phenoxy) is 2. The number of carbonyl (C=O) groups is 1. The monoisotopic (exact) mass is 420 g/mol. The van der Waals surface area contributed by atoms with Crippen LogP contribution in [0.15, 0.2) is 53.1 Å². The Morgan fingerprint density at radius 3 is 2.23 bits per heavy atom. The molecule has 0 radical (unpaired) electrons. The molecule has 1 amide bonds. The standard InChI is InChI=1S/C21H19F3N2O4/c1-13-19(14(2)30-26-13)12-28-17-7-3-15(4-8-17)11-20(27)25-16-5-9-18(10-6-16)29-21(22,23)24/h3-10H,11-12H2,1-2H3,(H,25,27). The van der Waals surface area contributed by atoms with Gasteiger partial charge in [-0.15, -0.1) is 13.2 Å². The number of hydrogen-bond donors (Lipinski definition) is 1. The van der Waals surface area contributed by atoms with Gasteiger partial charge in [-0.3, -0.25) is 4.79 Å². The Labute approximate surface area is 170 Å². The molecular weight excluding hydrogens is 401 g/mol. The summed E-state index contributed by atoms with van der Waals surface area (Å²) in [6.45, 7) is 3.99. The highest BCUT2D eigenvalue weighted by Crippen LogP contribution is 2.24. The molecule has 0 aliphatic carbocycles. The van der Waals surface area contributed by atoms with E-state index in [1.54, 1.807) is 24.3 Å². The number of halogens is 3. The van der Waals surface area contributed by atoms with Crippen molar-refractivity contribution in [1.82, 2.24) is 5.16 Å². The minimum absolute atomic E-state index is 0.102. The zero-order chi connectivity index (χ0) is 21.7. The van der Waals surface area contributed by atoms with Crippen LogP contribution in [0.25, 0.3) is 0 Å². The molecule has 3 aromatic rings. The highest BCUT2D eigenvalue weighted by Gasteiger charge is 2.30. The Bertz CT molecular complexity index is 977. The molecule has 0 bridgehead atoms. The van der Waals surface area contributed by atoms with Crippen LogP contribution in [0, 0.1) is 13.8 Å². The minimum Gasteiger partial charge on any atom is -0.489 e. The third-order valence-corrected chi connectivity index (χ3v) is 4.22. The van der Waals surface area contributed by atoms with Crippen LogP contribution in [0.5, 0.6) is 11.5 Å². The molecule has 0 aliphatic rings. The van der Waals surface area contributed by atoms with Crippen molar-refractivity contribution in [3.8, 4) is 11.5 Å². The van der Waals surface area contributed by atoms with Crippen molar-refractivity contribution in [3.63, 3.8) is 0 Å². The molecule has 9 heteroatoms. The maximum absolute atomic E-state index is 12.2. The molecule has 1 heterocycles. The number of nitrogens with one attached hydrogen (secondary N) is 1. The predicted molar refractivity (Wildman–Crippen MR) is 102 cm³/mol. The van der Waals surface area contributed by atoms with Crippen molar-refractivity contribution in [2.45, 2.75) is 33.2 Å². The summed E-state index contributed by atoms with van der Waals surface area (Å²) in [6.07, 6.45) is -4.65. The predicted octanol–water partition coefficient (Wildman–Crippen LogP) is 4.95. The maximum Gasteiger partial charge on any atom is 0.573 e. The van der Waals surface area contributed by atoms with Gasteiger partial charge in [-0.25, -0.2) is 0 Å². The summed E-state index contributed by atoms with van der Waals surface area (Å²) in [5.74, 6) is 0.690. The first-order chi connectivity index (χ1) is 14.2. The van der Waals surface area contributed by atoms with Gasteiger partial charge in [0.05, 0.1) is 17.7 Å². The lowest BCUT2D eigenvalue weighted by Crippen LogP contribution is -2.17. The Balaban J connectivity index is 1.50. The normalized spacial score (nSPS) is 11.2. The highest BCUT2D eigenvalue weighted by atomic mass is 19.4. The van der Waals surface area contributed by atoms with E-state index in [0.29, 0.717) is 23.8 Å². The molecule has 0 atom stereocenters. The smallest absolute Gasteiger partial charge is 0.489 e. The number of benzene rings is 2. The van der Waals surface area contributed by atoms with Gasteiger partial charge in [0, 0.05) is 5.69 Å². The van der Waals surface area contributed by atoms with Crippen LogP contribution < -0.4 is 14.8 Å². The number of alkyl halides is 3. The molecule has 30 heavy (non-hydrogen) atoms. The van der Waals surface area contributed by atoms with Crippen LogP contribution in [-0.4, -0.2) is 17.4 Å². The molecule has 2 aromatic carbocycles. The zero-order valence-corrected chi connectivity index (χ0v) is 16.2. The summed E-state index contributed by atoms with van der Waals surface area (Å²) in [7, 11) is 0. The number of anilines is 1. The number of hydrogen-bond acceptors (Lipinski definition) is 5. The molecule has 0 fully saturated rings. The zero-order valence-electron chi connectivity index (χ0n) is 16.2. The van der Waals surface area contributed by atoms with Gasteiger partial charge in [0.15, 0.2) is 0 Å². The van der Waals surface area contributed by atoms with Gasteiger partial charge in [0.2, 0.25) is 5.91 Å². The van der Waals surface area contributed by atoms with E-state index >= 15 is 0 Å². The lowest BCUT2D eigenvalue weighted by molar-refractivity contribution is -0.274. The summed E-state index contributed by atoms with van der Waals surface area (Å²) in [4.78, 5) is 12.2. The van der Waals surface area contributed by atoms with Crippen LogP contribution in [0.4, 0.5) is 18.9 Å². The van der Waals surface area contributed by atoms with E-state index in [-0.39, 0.29) is 18.1 Å². The highest BCUT2D eigenvalue weighted by molar-refractivity contribution is 5.92. The van der Waals surface area contributed by atoms with E-state index in [1.807, 2.05) is 13.8 Å². The fourth-order valence-electron chi connectivity index (χ4n) is 2.70. The second-order valence-corrected chi connectivity index (χ2v) is 6.53. The first-order valence-electron chi connectivity index (χ1n) is 8.99. The lowest BCUT2D eigenvalue weighted by Gasteiger charge is -2.10. The molecule has 0 spiro atoms. The van der Waals surface area contributed by atoms with Gasteiger partial charge in [0.25, 0.3) is 0 Å². The molecule has 1 aromatic heterocycles. The van der Waals surface area contributed by atoms with E-state index in [9.17, 15) is 18.0 Å². The van der Waals surface area contributed by atoms with Gasteiger partial charge < -0.3 is 19.3 Å². The number of amides is 1. The summed E-state index contributed by atoms with van der Waals surface area (Å²) < 4.78 is 51.1. The Morgan fingerprint density at radius 2 is 1.67 bits per heavy atom. The molecular formula is C21H19F3N2O4. The van der Waals surface area contributed by atoms with Gasteiger partial charge in [-0.1, -0.05) is 17.3 Å². The molecule has 1 N–H and O–H groups in total. The van der Waals surface area contributed by atoms with E-state index in [0.717, 1.165) is 29.0 Å². The molecule has 6 nitrogen and oxygen atoms in total. The topological polar surface area (TPSA) is 73.6 Å². The van der Waals surface area contributed by atoms with Crippen LogP contribution in [-0.2, 0) is 17.8 Å². The van der Waals surface area contributed by atoms with Gasteiger partial charge in [-0.05, 0) is 55.8 Å². The maximum atomic E-state index is 12.2. The minimum atomic E-state index is -4.76. The molecule has 0 saturated carbocycles. The van der Waals surface area contributed by atoms with E-state index in [4.69, 9.17) is 9.26 Å².